The maximum absolute atomic E-state index is 9.41. The molecule has 1 aromatic carbocycles. The molecule has 0 aromatic heterocycles. The second-order valence-electron chi connectivity index (χ2n) is 4.66. The summed E-state index contributed by atoms with van der Waals surface area (Å²) in [4.78, 5) is 0. The fourth-order valence-corrected chi connectivity index (χ4v) is 1.67. The fraction of sp³-hybridized carbons (Fsp3) is 0.455. The average molecular weight is 211 g/mol. The largest absolute Gasteiger partial charge is 0.446 e. The van der Waals surface area contributed by atoms with Gasteiger partial charge in [-0.25, -0.2) is 0 Å². The summed E-state index contributed by atoms with van der Waals surface area (Å²) in [5.74, 6) is 0. The highest BCUT2D eigenvalue weighted by Gasteiger charge is 2.17. The third kappa shape index (κ3) is 2.52. The smallest absolute Gasteiger partial charge is 0.321 e. The Morgan fingerprint density at radius 2 is 1.86 bits per heavy atom. The molecule has 0 spiro atoms. The van der Waals surface area contributed by atoms with Gasteiger partial charge in [0.05, 0.1) is 0 Å². The molecule has 0 unspecified atom stereocenters. The zero-order chi connectivity index (χ0) is 10.9. The van der Waals surface area contributed by atoms with Gasteiger partial charge in [-0.3, -0.25) is 0 Å². The Balaban J connectivity index is 3.13. The molecule has 1 aromatic rings. The van der Waals surface area contributed by atoms with Crippen LogP contribution in [0.15, 0.2) is 18.2 Å². The minimum Gasteiger partial charge on any atom is -0.446 e. The summed E-state index contributed by atoms with van der Waals surface area (Å²) in [6.07, 6.45) is 0. The van der Waals surface area contributed by atoms with Crippen LogP contribution in [0.25, 0.3) is 0 Å². The van der Waals surface area contributed by atoms with Crippen LogP contribution >= 0.6 is 11.6 Å². The lowest BCUT2D eigenvalue weighted by Gasteiger charge is -2.20. The van der Waals surface area contributed by atoms with Crippen molar-refractivity contribution in [1.82, 2.24) is 0 Å². The summed E-state index contributed by atoms with van der Waals surface area (Å²) in [5, 5.41) is 10.1. The van der Waals surface area contributed by atoms with Crippen molar-refractivity contribution in [1.29, 1.82) is 0 Å². The van der Waals surface area contributed by atoms with Crippen LogP contribution in [0.5, 0.6) is 0 Å². The van der Waals surface area contributed by atoms with Gasteiger partial charge in [0.25, 0.3) is 0 Å². The van der Waals surface area contributed by atoms with Gasteiger partial charge in [0.2, 0.25) is 0 Å². The number of hydrogen-bond acceptors (Lipinski definition) is 1. The Morgan fingerprint density at radius 1 is 1.29 bits per heavy atom. The van der Waals surface area contributed by atoms with Crippen molar-refractivity contribution in [3.63, 3.8) is 0 Å². The van der Waals surface area contributed by atoms with Crippen LogP contribution in [0.4, 0.5) is 0 Å². The van der Waals surface area contributed by atoms with Gasteiger partial charge in [-0.15, -0.1) is 0 Å². The minimum absolute atomic E-state index is 0.0981. The monoisotopic (exact) mass is 210 g/mol. The molecular weight excluding hydrogens is 194 g/mol. The van der Waals surface area contributed by atoms with E-state index >= 15 is 0 Å². The highest BCUT2D eigenvalue weighted by molar-refractivity contribution is 6.68. The van der Waals surface area contributed by atoms with Crippen LogP contribution < -0.4 is 5.46 Å². The molecule has 0 saturated carbocycles. The van der Waals surface area contributed by atoms with Crippen molar-refractivity contribution in [3.8, 4) is 0 Å². The standard InChI is InChI=1S/C11H16BClO/c1-11(2,3)8-5-6-9(12(4)14)10(13)7-8/h5-7,14H,1-4H3. The van der Waals surface area contributed by atoms with Crippen molar-refractivity contribution in [2.24, 2.45) is 0 Å². The van der Waals surface area contributed by atoms with Crippen LogP contribution in [0.3, 0.4) is 0 Å². The Labute approximate surface area is 91.2 Å². The maximum Gasteiger partial charge on any atom is 0.321 e. The Bertz CT molecular complexity index is 329. The van der Waals surface area contributed by atoms with Crippen LogP contribution in [0, 0.1) is 0 Å². The van der Waals surface area contributed by atoms with Gasteiger partial charge in [0.1, 0.15) is 0 Å². The Kier molecular flexibility index (Phi) is 3.28. The van der Waals surface area contributed by atoms with Crippen LogP contribution in [-0.4, -0.2) is 11.9 Å². The fourth-order valence-electron chi connectivity index (χ4n) is 1.33. The molecule has 0 fully saturated rings. The number of benzene rings is 1. The van der Waals surface area contributed by atoms with E-state index in [0.29, 0.717) is 5.02 Å². The molecule has 0 amide bonds. The van der Waals surface area contributed by atoms with Gasteiger partial charge in [-0.05, 0) is 22.5 Å². The van der Waals surface area contributed by atoms with E-state index in [0.717, 1.165) is 5.46 Å². The van der Waals surface area contributed by atoms with Crippen LogP contribution in [0.2, 0.25) is 11.8 Å². The first-order valence-electron chi connectivity index (χ1n) is 4.80. The van der Waals surface area contributed by atoms with E-state index in [4.69, 9.17) is 11.6 Å². The average Bonchev–Trinajstić information content (AvgIpc) is 2.01. The Hall–Kier alpha value is -0.465. The normalized spacial score (nSPS) is 11.6. The van der Waals surface area contributed by atoms with Crippen LogP contribution in [0.1, 0.15) is 26.3 Å². The van der Waals surface area contributed by atoms with Crippen molar-refractivity contribution >= 4 is 24.0 Å². The molecule has 0 radical (unpaired) electrons. The predicted octanol–water partition coefficient (Wildman–Crippen LogP) is 2.46. The molecule has 0 saturated heterocycles. The highest BCUT2D eigenvalue weighted by Crippen LogP contribution is 2.23. The predicted molar refractivity (Wildman–Crippen MR) is 63.6 cm³/mol. The molecule has 1 N–H and O–H groups in total. The van der Waals surface area contributed by atoms with Crippen molar-refractivity contribution in [2.75, 3.05) is 0 Å². The molecule has 1 rings (SSSR count). The summed E-state index contributed by atoms with van der Waals surface area (Å²) in [5.41, 5.74) is 2.08. The lowest BCUT2D eigenvalue weighted by molar-refractivity contribution is 0.588. The maximum atomic E-state index is 9.41. The van der Waals surface area contributed by atoms with Gasteiger partial charge < -0.3 is 5.02 Å². The van der Waals surface area contributed by atoms with E-state index < -0.39 is 6.92 Å². The number of rotatable bonds is 1. The zero-order valence-corrected chi connectivity index (χ0v) is 9.89. The third-order valence-corrected chi connectivity index (χ3v) is 2.64. The van der Waals surface area contributed by atoms with Crippen molar-refractivity contribution < 1.29 is 5.02 Å². The quantitative estimate of drug-likeness (QED) is 0.706. The molecule has 1 nitrogen and oxygen atoms in total. The van der Waals surface area contributed by atoms with E-state index in [9.17, 15) is 5.02 Å². The van der Waals surface area contributed by atoms with Gasteiger partial charge in [-0.2, -0.15) is 0 Å². The summed E-state index contributed by atoms with van der Waals surface area (Å²) >= 11 is 6.07. The van der Waals surface area contributed by atoms with Crippen molar-refractivity contribution in [2.45, 2.75) is 33.0 Å². The van der Waals surface area contributed by atoms with Gasteiger partial charge in [0.15, 0.2) is 0 Å². The van der Waals surface area contributed by atoms with Gasteiger partial charge in [0, 0.05) is 5.02 Å². The van der Waals surface area contributed by atoms with E-state index in [1.165, 1.54) is 5.56 Å². The molecule has 3 heteroatoms. The summed E-state index contributed by atoms with van der Waals surface area (Å²) in [6, 6.07) is 5.85. The molecule has 76 valence electrons. The van der Waals surface area contributed by atoms with E-state index in [1.54, 1.807) is 6.82 Å². The molecular formula is C11H16BClO. The first kappa shape index (κ1) is 11.6. The molecule has 14 heavy (non-hydrogen) atoms. The molecule has 0 aliphatic heterocycles. The first-order valence-corrected chi connectivity index (χ1v) is 5.18. The van der Waals surface area contributed by atoms with E-state index in [2.05, 4.69) is 20.8 Å². The first-order chi connectivity index (χ1) is 6.32. The highest BCUT2D eigenvalue weighted by atomic mass is 35.5. The molecule has 0 aliphatic rings. The number of halogens is 1. The molecule has 0 atom stereocenters. The minimum atomic E-state index is -0.503. The van der Waals surface area contributed by atoms with Gasteiger partial charge in [-0.1, -0.05) is 51.3 Å². The topological polar surface area (TPSA) is 20.2 Å². The van der Waals surface area contributed by atoms with E-state index in [1.807, 2.05) is 18.2 Å². The Morgan fingerprint density at radius 3 is 2.21 bits per heavy atom. The molecule has 0 heterocycles. The lowest BCUT2D eigenvalue weighted by Crippen LogP contribution is -2.28. The zero-order valence-electron chi connectivity index (χ0n) is 9.13. The second-order valence-corrected chi connectivity index (χ2v) is 5.07. The van der Waals surface area contributed by atoms with Gasteiger partial charge >= 0.3 is 6.92 Å². The third-order valence-electron chi connectivity index (χ3n) is 2.32. The lowest BCUT2D eigenvalue weighted by atomic mass is 9.64. The van der Waals surface area contributed by atoms with Crippen LogP contribution in [-0.2, 0) is 5.41 Å². The molecule has 0 bridgehead atoms. The SMILES string of the molecule is CB(O)c1ccc(C(C)(C)C)cc1Cl. The van der Waals surface area contributed by atoms with E-state index in [-0.39, 0.29) is 5.41 Å². The number of hydrogen-bond donors (Lipinski definition) is 1. The summed E-state index contributed by atoms with van der Waals surface area (Å²) in [6.45, 7) is 7.64. The molecule has 0 aliphatic carbocycles. The second kappa shape index (κ2) is 3.96. The summed E-state index contributed by atoms with van der Waals surface area (Å²) < 4.78 is 0. The van der Waals surface area contributed by atoms with Crippen molar-refractivity contribution in [3.05, 3.63) is 28.8 Å². The summed E-state index contributed by atoms with van der Waals surface area (Å²) in [7, 11) is 0.